The first-order valence-electron chi connectivity index (χ1n) is 7.55. The van der Waals surface area contributed by atoms with Crippen molar-refractivity contribution in [3.05, 3.63) is 59.7 Å². The van der Waals surface area contributed by atoms with Crippen molar-refractivity contribution < 1.29 is 26.7 Å². The molecule has 0 saturated heterocycles. The maximum absolute atomic E-state index is 12.9. The lowest BCUT2D eigenvalue weighted by Gasteiger charge is -2.24. The Labute approximate surface area is 144 Å². The number of sulfonamides is 1. The highest BCUT2D eigenvalue weighted by Gasteiger charge is 2.33. The van der Waals surface area contributed by atoms with E-state index in [0.717, 1.165) is 22.5 Å². The number of aliphatic hydroxyl groups is 1. The summed E-state index contributed by atoms with van der Waals surface area (Å²) in [6.07, 6.45) is -5.43. The number of anilines is 1. The maximum Gasteiger partial charge on any atom is 0.416 e. The summed E-state index contributed by atoms with van der Waals surface area (Å²) in [5.41, 5.74) is -0.240. The first-order chi connectivity index (χ1) is 11.6. The molecule has 0 radical (unpaired) electrons. The van der Waals surface area contributed by atoms with Crippen molar-refractivity contribution in [2.24, 2.45) is 0 Å². The van der Waals surface area contributed by atoms with Crippen LogP contribution in [0, 0.1) is 0 Å². The molecular formula is C17H18F3NO3S. The molecule has 4 nitrogen and oxygen atoms in total. The minimum absolute atomic E-state index is 0.0296. The van der Waals surface area contributed by atoms with E-state index in [0.29, 0.717) is 11.6 Å². The van der Waals surface area contributed by atoms with Crippen molar-refractivity contribution in [1.82, 2.24) is 0 Å². The molecule has 25 heavy (non-hydrogen) atoms. The minimum atomic E-state index is -4.63. The van der Waals surface area contributed by atoms with E-state index in [4.69, 9.17) is 0 Å². The molecule has 0 saturated carbocycles. The smallest absolute Gasteiger partial charge is 0.389 e. The summed E-state index contributed by atoms with van der Waals surface area (Å²) in [5, 5.41) is 9.66. The molecule has 1 N–H and O–H groups in total. The molecule has 2 rings (SSSR count). The van der Waals surface area contributed by atoms with Gasteiger partial charge in [-0.25, -0.2) is 8.42 Å². The number of aliphatic hydroxyl groups excluding tert-OH is 1. The van der Waals surface area contributed by atoms with Crippen molar-refractivity contribution in [2.45, 2.75) is 31.0 Å². The standard InChI is InChI=1S/C17H18F3NO3S/c1-3-21(15-8-4-6-13(10-15)12(2)22)25(23,24)16-9-5-7-14(11-16)17(18,19)20/h4-12,22H,3H2,1-2H3. The molecule has 0 aliphatic carbocycles. The van der Waals surface area contributed by atoms with Crippen molar-refractivity contribution in [3.8, 4) is 0 Å². The van der Waals surface area contributed by atoms with E-state index in [1.54, 1.807) is 19.1 Å². The molecule has 1 atom stereocenters. The predicted octanol–water partition coefficient (Wildman–Crippen LogP) is 3.97. The predicted molar refractivity (Wildman–Crippen MR) is 88.7 cm³/mol. The maximum atomic E-state index is 12.9. The van der Waals surface area contributed by atoms with Gasteiger partial charge in [0.05, 0.1) is 22.3 Å². The molecule has 8 heteroatoms. The second-order valence-electron chi connectivity index (χ2n) is 5.47. The van der Waals surface area contributed by atoms with Gasteiger partial charge in [0.2, 0.25) is 0 Å². The van der Waals surface area contributed by atoms with Gasteiger partial charge < -0.3 is 5.11 Å². The Morgan fingerprint density at radius 1 is 1.12 bits per heavy atom. The van der Waals surface area contributed by atoms with Crippen LogP contribution in [0.25, 0.3) is 0 Å². The molecule has 0 bridgehead atoms. The summed E-state index contributed by atoms with van der Waals surface area (Å²) in [5.74, 6) is 0. The van der Waals surface area contributed by atoms with Gasteiger partial charge in [-0.05, 0) is 49.7 Å². The number of benzene rings is 2. The summed E-state index contributed by atoms with van der Waals surface area (Å²) in [6.45, 7) is 3.15. The molecule has 0 heterocycles. The Morgan fingerprint density at radius 3 is 2.32 bits per heavy atom. The van der Waals surface area contributed by atoms with Crippen LogP contribution in [0.15, 0.2) is 53.4 Å². The average Bonchev–Trinajstić information content (AvgIpc) is 2.55. The van der Waals surface area contributed by atoms with Crippen LogP contribution >= 0.6 is 0 Å². The minimum Gasteiger partial charge on any atom is -0.389 e. The Kier molecular flexibility index (Phi) is 5.43. The highest BCUT2D eigenvalue weighted by Crippen LogP contribution is 2.32. The van der Waals surface area contributed by atoms with Crippen LogP contribution in [0.4, 0.5) is 18.9 Å². The fourth-order valence-electron chi connectivity index (χ4n) is 2.39. The molecule has 0 amide bonds. The van der Waals surface area contributed by atoms with Crippen molar-refractivity contribution >= 4 is 15.7 Å². The number of hydrogen-bond acceptors (Lipinski definition) is 3. The molecular weight excluding hydrogens is 355 g/mol. The topological polar surface area (TPSA) is 57.6 Å². The molecule has 1 unspecified atom stereocenters. The summed E-state index contributed by atoms with van der Waals surface area (Å²) in [4.78, 5) is -0.438. The van der Waals surface area contributed by atoms with Crippen molar-refractivity contribution in [2.75, 3.05) is 10.8 Å². The number of halogens is 3. The van der Waals surface area contributed by atoms with Crippen LogP contribution in [0.5, 0.6) is 0 Å². The van der Waals surface area contributed by atoms with Crippen molar-refractivity contribution in [1.29, 1.82) is 0 Å². The summed E-state index contributed by atoms with van der Waals surface area (Å²) in [6, 6.07) is 9.89. The van der Waals surface area contributed by atoms with E-state index in [1.807, 2.05) is 0 Å². The van der Waals surface area contributed by atoms with E-state index in [1.165, 1.54) is 19.1 Å². The molecule has 0 aliphatic heterocycles. The number of alkyl halides is 3. The molecule has 2 aromatic rings. The Bertz CT molecular complexity index is 848. The van der Waals surface area contributed by atoms with Gasteiger partial charge in [-0.2, -0.15) is 13.2 Å². The lowest BCUT2D eigenvalue weighted by atomic mass is 10.1. The van der Waals surface area contributed by atoms with E-state index < -0.39 is 32.8 Å². The second kappa shape index (κ2) is 7.05. The van der Waals surface area contributed by atoms with Crippen LogP contribution in [-0.4, -0.2) is 20.1 Å². The van der Waals surface area contributed by atoms with Crippen LogP contribution in [-0.2, 0) is 16.2 Å². The lowest BCUT2D eigenvalue weighted by molar-refractivity contribution is -0.137. The van der Waals surface area contributed by atoms with E-state index in [2.05, 4.69) is 0 Å². The van der Waals surface area contributed by atoms with Crippen LogP contribution in [0.2, 0.25) is 0 Å². The first-order valence-corrected chi connectivity index (χ1v) is 8.99. The van der Waals surface area contributed by atoms with Crippen LogP contribution in [0.1, 0.15) is 31.1 Å². The van der Waals surface area contributed by atoms with E-state index >= 15 is 0 Å². The van der Waals surface area contributed by atoms with Gasteiger partial charge in [0.25, 0.3) is 10.0 Å². The lowest BCUT2D eigenvalue weighted by Crippen LogP contribution is -2.31. The van der Waals surface area contributed by atoms with E-state index in [9.17, 15) is 26.7 Å². The second-order valence-corrected chi connectivity index (χ2v) is 7.33. The highest BCUT2D eigenvalue weighted by molar-refractivity contribution is 7.92. The monoisotopic (exact) mass is 373 g/mol. The quantitative estimate of drug-likeness (QED) is 0.863. The number of nitrogens with zero attached hydrogens (tertiary/aromatic N) is 1. The number of rotatable bonds is 5. The normalized spacial score (nSPS) is 13.5. The van der Waals surface area contributed by atoms with Gasteiger partial charge in [-0.1, -0.05) is 18.2 Å². The van der Waals surface area contributed by atoms with Gasteiger partial charge in [0.15, 0.2) is 0 Å². The third-order valence-corrected chi connectivity index (χ3v) is 5.58. The SMILES string of the molecule is CCN(c1cccc(C(C)O)c1)S(=O)(=O)c1cccc(C(F)(F)F)c1. The van der Waals surface area contributed by atoms with Gasteiger partial charge >= 0.3 is 6.18 Å². The van der Waals surface area contributed by atoms with Crippen LogP contribution in [0.3, 0.4) is 0 Å². The largest absolute Gasteiger partial charge is 0.416 e. The molecule has 0 fully saturated rings. The van der Waals surface area contributed by atoms with Crippen LogP contribution < -0.4 is 4.31 Å². The van der Waals surface area contributed by atoms with E-state index in [-0.39, 0.29) is 12.2 Å². The zero-order chi connectivity index (χ0) is 18.8. The Hall–Kier alpha value is -2.06. The average molecular weight is 373 g/mol. The first kappa shape index (κ1) is 19.3. The third-order valence-electron chi connectivity index (χ3n) is 3.68. The van der Waals surface area contributed by atoms with Gasteiger partial charge in [-0.15, -0.1) is 0 Å². The van der Waals surface area contributed by atoms with Gasteiger partial charge in [0.1, 0.15) is 0 Å². The summed E-state index contributed by atoms with van der Waals surface area (Å²) < 4.78 is 65.3. The molecule has 0 aliphatic rings. The third kappa shape index (κ3) is 4.13. The highest BCUT2D eigenvalue weighted by atomic mass is 32.2. The Morgan fingerprint density at radius 2 is 1.76 bits per heavy atom. The number of hydrogen-bond donors (Lipinski definition) is 1. The summed E-state index contributed by atoms with van der Waals surface area (Å²) >= 11 is 0. The fraction of sp³-hybridized carbons (Fsp3) is 0.294. The van der Waals surface area contributed by atoms with Gasteiger partial charge in [0, 0.05) is 6.54 Å². The Balaban J connectivity index is 2.51. The molecule has 0 aromatic heterocycles. The summed E-state index contributed by atoms with van der Waals surface area (Å²) in [7, 11) is -4.18. The fourth-order valence-corrected chi connectivity index (χ4v) is 3.90. The molecule has 2 aromatic carbocycles. The zero-order valence-electron chi connectivity index (χ0n) is 13.7. The molecule has 136 valence electrons. The van der Waals surface area contributed by atoms with Gasteiger partial charge in [-0.3, -0.25) is 4.31 Å². The van der Waals surface area contributed by atoms with Crippen molar-refractivity contribution in [3.63, 3.8) is 0 Å². The zero-order valence-corrected chi connectivity index (χ0v) is 14.5. The molecule has 0 spiro atoms.